The zero-order valence-electron chi connectivity index (χ0n) is 15.6. The Bertz CT molecular complexity index is 1160. The Balaban J connectivity index is 1.64. The highest BCUT2D eigenvalue weighted by molar-refractivity contribution is 9.10. The van der Waals surface area contributed by atoms with E-state index in [1.165, 1.54) is 0 Å². The van der Waals surface area contributed by atoms with E-state index in [0.717, 1.165) is 37.8 Å². The molecular weight excluding hydrogens is 416 g/mol. The number of nitrogens with one attached hydrogen (secondary N) is 1. The Hall–Kier alpha value is -2.99. The predicted octanol–water partition coefficient (Wildman–Crippen LogP) is 4.89. The van der Waals surface area contributed by atoms with E-state index in [2.05, 4.69) is 31.3 Å². The maximum absolute atomic E-state index is 12.8. The van der Waals surface area contributed by atoms with Crippen molar-refractivity contribution in [3.8, 4) is 11.1 Å². The van der Waals surface area contributed by atoms with E-state index in [-0.39, 0.29) is 12.3 Å². The quantitative estimate of drug-likeness (QED) is 0.497. The summed E-state index contributed by atoms with van der Waals surface area (Å²) in [6, 6.07) is 17.8. The zero-order chi connectivity index (χ0) is 19.7. The second kappa shape index (κ2) is 7.56. The molecule has 0 aliphatic heterocycles. The molecule has 0 saturated carbocycles. The number of hydrogen-bond donors (Lipinski definition) is 1. The standard InChI is InChI=1S/C22H19BrN4O/c1-14-20(15-8-10-18(23)11-9-15)22(27(2)26-14)25-19(28)13-17-6-3-5-16-7-4-12-24-21(16)17/h3-12H,13H2,1-2H3,(H,25,28). The number of fused-ring (bicyclic) bond motifs is 1. The molecule has 4 rings (SSSR count). The minimum atomic E-state index is -0.0977. The van der Waals surface area contributed by atoms with Crippen LogP contribution in [-0.2, 0) is 18.3 Å². The average molecular weight is 435 g/mol. The molecule has 0 spiro atoms. The highest BCUT2D eigenvalue weighted by Crippen LogP contribution is 2.32. The van der Waals surface area contributed by atoms with Gasteiger partial charge in [0.15, 0.2) is 0 Å². The first-order valence-corrected chi connectivity index (χ1v) is 9.74. The normalized spacial score (nSPS) is 11.0. The fraction of sp³-hybridized carbons (Fsp3) is 0.136. The van der Waals surface area contributed by atoms with E-state index in [1.54, 1.807) is 10.9 Å². The van der Waals surface area contributed by atoms with E-state index in [9.17, 15) is 4.79 Å². The van der Waals surface area contributed by atoms with E-state index >= 15 is 0 Å². The van der Waals surface area contributed by atoms with Gasteiger partial charge in [0, 0.05) is 28.7 Å². The topological polar surface area (TPSA) is 59.8 Å². The van der Waals surface area contributed by atoms with Crippen LogP contribution < -0.4 is 5.32 Å². The fourth-order valence-electron chi connectivity index (χ4n) is 3.42. The molecule has 5 nitrogen and oxygen atoms in total. The smallest absolute Gasteiger partial charge is 0.230 e. The number of para-hydroxylation sites is 1. The van der Waals surface area contributed by atoms with Gasteiger partial charge in [-0.3, -0.25) is 14.5 Å². The molecule has 0 fully saturated rings. The van der Waals surface area contributed by atoms with Crippen molar-refractivity contribution in [2.75, 3.05) is 5.32 Å². The minimum Gasteiger partial charge on any atom is -0.310 e. The van der Waals surface area contributed by atoms with E-state index in [4.69, 9.17) is 0 Å². The summed E-state index contributed by atoms with van der Waals surface area (Å²) in [5.74, 6) is 0.595. The number of amides is 1. The fourth-order valence-corrected chi connectivity index (χ4v) is 3.69. The number of benzene rings is 2. The van der Waals surface area contributed by atoms with Crippen molar-refractivity contribution in [2.24, 2.45) is 7.05 Å². The molecule has 0 unspecified atom stereocenters. The molecule has 4 aromatic rings. The van der Waals surface area contributed by atoms with Crippen LogP contribution in [0.2, 0.25) is 0 Å². The van der Waals surface area contributed by atoms with Gasteiger partial charge in [0.2, 0.25) is 5.91 Å². The van der Waals surface area contributed by atoms with Gasteiger partial charge in [-0.05, 0) is 36.2 Å². The lowest BCUT2D eigenvalue weighted by Crippen LogP contribution is -2.17. The molecule has 0 radical (unpaired) electrons. The molecule has 0 bridgehead atoms. The van der Waals surface area contributed by atoms with Gasteiger partial charge in [0.05, 0.1) is 17.6 Å². The summed E-state index contributed by atoms with van der Waals surface area (Å²) >= 11 is 3.46. The van der Waals surface area contributed by atoms with Gasteiger partial charge >= 0.3 is 0 Å². The molecule has 1 amide bonds. The Kier molecular flexibility index (Phi) is 4.96. The molecule has 1 N–H and O–H groups in total. The van der Waals surface area contributed by atoms with Crippen molar-refractivity contribution < 1.29 is 4.79 Å². The van der Waals surface area contributed by atoms with Crippen molar-refractivity contribution in [3.63, 3.8) is 0 Å². The van der Waals surface area contributed by atoms with E-state index in [1.807, 2.05) is 68.6 Å². The summed E-state index contributed by atoms with van der Waals surface area (Å²) < 4.78 is 2.72. The number of carbonyl (C=O) groups excluding carboxylic acids is 1. The second-order valence-corrected chi connectivity index (χ2v) is 7.57. The first-order valence-electron chi connectivity index (χ1n) is 8.95. The van der Waals surface area contributed by atoms with Gasteiger partial charge in [-0.25, -0.2) is 0 Å². The summed E-state index contributed by atoms with van der Waals surface area (Å²) in [6.45, 7) is 1.95. The van der Waals surface area contributed by atoms with Crippen LogP contribution >= 0.6 is 15.9 Å². The molecule has 28 heavy (non-hydrogen) atoms. The monoisotopic (exact) mass is 434 g/mol. The van der Waals surface area contributed by atoms with Crippen LogP contribution in [0.1, 0.15) is 11.3 Å². The van der Waals surface area contributed by atoms with Crippen LogP contribution in [0.15, 0.2) is 65.3 Å². The maximum atomic E-state index is 12.8. The zero-order valence-corrected chi connectivity index (χ0v) is 17.2. The number of carbonyl (C=O) groups is 1. The van der Waals surface area contributed by atoms with Gasteiger partial charge in [0.25, 0.3) is 0 Å². The van der Waals surface area contributed by atoms with Gasteiger partial charge in [-0.15, -0.1) is 0 Å². The SMILES string of the molecule is Cc1nn(C)c(NC(=O)Cc2cccc3cccnc23)c1-c1ccc(Br)cc1. The predicted molar refractivity (Wildman–Crippen MR) is 115 cm³/mol. The maximum Gasteiger partial charge on any atom is 0.230 e. The summed E-state index contributed by atoms with van der Waals surface area (Å²) in [5.41, 5.74) is 4.57. The van der Waals surface area contributed by atoms with Crippen LogP contribution in [0.3, 0.4) is 0 Å². The summed E-state index contributed by atoms with van der Waals surface area (Å²) in [4.78, 5) is 17.3. The van der Waals surface area contributed by atoms with E-state index < -0.39 is 0 Å². The number of rotatable bonds is 4. The molecule has 0 atom stereocenters. The Morgan fingerprint density at radius 1 is 1.11 bits per heavy atom. The molecule has 0 aliphatic carbocycles. The molecule has 2 aromatic carbocycles. The molecule has 0 aliphatic rings. The number of halogens is 1. The van der Waals surface area contributed by atoms with Gasteiger partial charge in [-0.1, -0.05) is 52.3 Å². The lowest BCUT2D eigenvalue weighted by molar-refractivity contribution is -0.115. The van der Waals surface area contributed by atoms with Gasteiger partial charge < -0.3 is 5.32 Å². The molecule has 140 valence electrons. The first kappa shape index (κ1) is 18.4. The van der Waals surface area contributed by atoms with Crippen LogP contribution in [0.5, 0.6) is 0 Å². The van der Waals surface area contributed by atoms with Crippen molar-refractivity contribution in [3.05, 3.63) is 76.5 Å². The third-order valence-electron chi connectivity index (χ3n) is 4.68. The number of aryl methyl sites for hydroxylation is 2. The minimum absolute atomic E-state index is 0.0977. The Labute approximate surface area is 171 Å². The number of anilines is 1. The highest BCUT2D eigenvalue weighted by atomic mass is 79.9. The second-order valence-electron chi connectivity index (χ2n) is 6.66. The third kappa shape index (κ3) is 3.55. The Morgan fingerprint density at radius 2 is 1.86 bits per heavy atom. The summed E-state index contributed by atoms with van der Waals surface area (Å²) in [5, 5.41) is 8.57. The van der Waals surface area contributed by atoms with Crippen molar-refractivity contribution in [1.82, 2.24) is 14.8 Å². The molecule has 0 saturated heterocycles. The number of pyridine rings is 1. The first-order chi connectivity index (χ1) is 13.5. The van der Waals surface area contributed by atoms with Crippen molar-refractivity contribution in [1.29, 1.82) is 0 Å². The molecular formula is C22H19BrN4O. The van der Waals surface area contributed by atoms with Crippen molar-refractivity contribution in [2.45, 2.75) is 13.3 Å². The Morgan fingerprint density at radius 3 is 2.64 bits per heavy atom. The largest absolute Gasteiger partial charge is 0.310 e. The van der Waals surface area contributed by atoms with Crippen molar-refractivity contribution >= 4 is 38.6 Å². The summed E-state index contributed by atoms with van der Waals surface area (Å²) in [6.07, 6.45) is 2.00. The van der Waals surface area contributed by atoms with Crippen LogP contribution in [0, 0.1) is 6.92 Å². The average Bonchev–Trinajstić information content (AvgIpc) is 2.96. The van der Waals surface area contributed by atoms with Gasteiger partial charge in [-0.2, -0.15) is 5.10 Å². The number of hydrogen-bond acceptors (Lipinski definition) is 3. The lowest BCUT2D eigenvalue weighted by Gasteiger charge is -2.10. The number of nitrogens with zero attached hydrogens (tertiary/aromatic N) is 3. The van der Waals surface area contributed by atoms with Crippen LogP contribution in [-0.4, -0.2) is 20.7 Å². The molecule has 2 aromatic heterocycles. The van der Waals surface area contributed by atoms with Gasteiger partial charge in [0.1, 0.15) is 5.82 Å². The molecule has 2 heterocycles. The highest BCUT2D eigenvalue weighted by Gasteiger charge is 2.18. The van der Waals surface area contributed by atoms with Crippen LogP contribution in [0.4, 0.5) is 5.82 Å². The number of aromatic nitrogens is 3. The summed E-state index contributed by atoms with van der Waals surface area (Å²) in [7, 11) is 1.84. The molecule has 6 heteroatoms. The van der Waals surface area contributed by atoms with Crippen LogP contribution in [0.25, 0.3) is 22.0 Å². The van der Waals surface area contributed by atoms with E-state index in [0.29, 0.717) is 5.82 Å². The third-order valence-corrected chi connectivity index (χ3v) is 5.21. The lowest BCUT2D eigenvalue weighted by atomic mass is 10.0.